The van der Waals surface area contributed by atoms with Crippen LogP contribution in [0.15, 0.2) is 5.38 Å². The molecule has 2 rings (SSSR count). The maximum atomic E-state index is 10.9. The molecule has 7 heteroatoms. The van der Waals surface area contributed by atoms with E-state index in [0.29, 0.717) is 11.4 Å². The van der Waals surface area contributed by atoms with E-state index >= 15 is 0 Å². The van der Waals surface area contributed by atoms with Gasteiger partial charge in [0.1, 0.15) is 22.9 Å². The number of amides is 1. The molecule has 0 saturated carbocycles. The number of aromatic nitrogens is 1. The fraction of sp³-hybridized carbons (Fsp3) is 0.556. The number of aliphatic hydroxyl groups excluding tert-OH is 2. The lowest BCUT2D eigenvalue weighted by molar-refractivity contribution is -0.0226. The minimum Gasteiger partial charge on any atom is -0.394 e. The van der Waals surface area contributed by atoms with Crippen LogP contribution in [0.4, 0.5) is 0 Å². The summed E-state index contributed by atoms with van der Waals surface area (Å²) in [6, 6.07) is 0. The van der Waals surface area contributed by atoms with Crippen LogP contribution in [0.1, 0.15) is 28.0 Å². The number of nitrogens with two attached hydrogens (primary N) is 1. The van der Waals surface area contributed by atoms with E-state index in [0.717, 1.165) is 0 Å². The third-order valence-electron chi connectivity index (χ3n) is 2.45. The predicted molar refractivity (Wildman–Crippen MR) is 56.0 cm³/mol. The largest absolute Gasteiger partial charge is 0.394 e. The Morgan fingerprint density at radius 1 is 1.75 bits per heavy atom. The fourth-order valence-corrected chi connectivity index (χ4v) is 2.46. The molecule has 6 nitrogen and oxygen atoms in total. The van der Waals surface area contributed by atoms with Gasteiger partial charge in [-0.15, -0.1) is 11.3 Å². The highest BCUT2D eigenvalue weighted by Gasteiger charge is 2.35. The minimum absolute atomic E-state index is 0.200. The SMILES string of the molecule is NC(=O)c1csc([C@@H]2C[C@H](O)[C@@H](CO)O2)n1. The van der Waals surface area contributed by atoms with Crippen molar-refractivity contribution in [2.24, 2.45) is 5.73 Å². The highest BCUT2D eigenvalue weighted by atomic mass is 32.1. The monoisotopic (exact) mass is 244 g/mol. The lowest BCUT2D eigenvalue weighted by Gasteiger charge is -2.09. The number of rotatable bonds is 3. The van der Waals surface area contributed by atoms with Crippen LogP contribution in [0.5, 0.6) is 0 Å². The van der Waals surface area contributed by atoms with Crippen LogP contribution in [-0.2, 0) is 4.74 Å². The van der Waals surface area contributed by atoms with Crippen LogP contribution in [-0.4, -0.2) is 39.9 Å². The Hall–Kier alpha value is -1.02. The quantitative estimate of drug-likeness (QED) is 0.660. The Balaban J connectivity index is 2.11. The molecule has 1 amide bonds. The van der Waals surface area contributed by atoms with Gasteiger partial charge in [0.05, 0.1) is 12.7 Å². The van der Waals surface area contributed by atoms with Crippen molar-refractivity contribution in [3.05, 3.63) is 16.1 Å². The number of primary amides is 1. The molecule has 1 aliphatic heterocycles. The average Bonchev–Trinajstić information content (AvgIpc) is 2.83. The Morgan fingerprint density at radius 2 is 2.50 bits per heavy atom. The minimum atomic E-state index is -0.698. The van der Waals surface area contributed by atoms with Gasteiger partial charge in [0, 0.05) is 11.8 Å². The van der Waals surface area contributed by atoms with E-state index in [1.807, 2.05) is 0 Å². The van der Waals surface area contributed by atoms with E-state index in [9.17, 15) is 9.90 Å². The maximum absolute atomic E-state index is 10.9. The van der Waals surface area contributed by atoms with Crippen molar-refractivity contribution >= 4 is 17.2 Å². The van der Waals surface area contributed by atoms with E-state index in [2.05, 4.69) is 4.98 Å². The first-order valence-electron chi connectivity index (χ1n) is 4.81. The number of carbonyl (C=O) groups is 1. The van der Waals surface area contributed by atoms with Crippen LogP contribution in [0, 0.1) is 0 Å². The van der Waals surface area contributed by atoms with Gasteiger partial charge in [0.2, 0.25) is 0 Å². The summed E-state index contributed by atoms with van der Waals surface area (Å²) in [5, 5.41) is 20.6. The molecule has 0 spiro atoms. The second kappa shape index (κ2) is 4.46. The number of nitrogens with zero attached hydrogens (tertiary/aromatic N) is 1. The van der Waals surface area contributed by atoms with Gasteiger partial charge in [-0.05, 0) is 0 Å². The first-order chi connectivity index (χ1) is 7.61. The van der Waals surface area contributed by atoms with E-state index in [4.69, 9.17) is 15.6 Å². The number of carbonyl (C=O) groups excluding carboxylic acids is 1. The topological polar surface area (TPSA) is 106 Å². The van der Waals surface area contributed by atoms with Crippen molar-refractivity contribution in [2.45, 2.75) is 24.7 Å². The van der Waals surface area contributed by atoms with Crippen molar-refractivity contribution in [3.63, 3.8) is 0 Å². The zero-order valence-corrected chi connectivity index (χ0v) is 9.18. The van der Waals surface area contributed by atoms with Crippen LogP contribution in [0.25, 0.3) is 0 Å². The Kier molecular flexibility index (Phi) is 3.20. The van der Waals surface area contributed by atoms with Gasteiger partial charge in [-0.1, -0.05) is 0 Å². The smallest absolute Gasteiger partial charge is 0.268 e. The summed E-state index contributed by atoms with van der Waals surface area (Å²) in [5.74, 6) is -0.584. The molecule has 0 unspecified atom stereocenters. The Labute approximate surface area is 95.7 Å². The highest BCUT2D eigenvalue weighted by Crippen LogP contribution is 2.34. The molecule has 0 aliphatic carbocycles. The highest BCUT2D eigenvalue weighted by molar-refractivity contribution is 7.09. The number of hydrogen-bond donors (Lipinski definition) is 3. The number of ether oxygens (including phenoxy) is 1. The maximum Gasteiger partial charge on any atom is 0.268 e. The summed E-state index contributed by atoms with van der Waals surface area (Å²) in [6.45, 7) is -0.230. The molecule has 0 aromatic carbocycles. The molecule has 0 bridgehead atoms. The van der Waals surface area contributed by atoms with Crippen molar-refractivity contribution in [2.75, 3.05) is 6.61 Å². The van der Waals surface area contributed by atoms with Gasteiger partial charge in [0.15, 0.2) is 0 Å². The standard InChI is InChI=1S/C9H12N2O4S/c10-8(14)4-3-16-9(11-4)6-1-5(13)7(2-12)15-6/h3,5-7,12-13H,1-2H2,(H2,10,14)/t5-,6-,7+/m0/s1. The van der Waals surface area contributed by atoms with E-state index in [-0.39, 0.29) is 18.4 Å². The number of hydrogen-bond acceptors (Lipinski definition) is 6. The summed E-state index contributed by atoms with van der Waals surface area (Å²) < 4.78 is 5.40. The van der Waals surface area contributed by atoms with Crippen molar-refractivity contribution < 1.29 is 19.7 Å². The Bertz CT molecular complexity index is 395. The molecule has 88 valence electrons. The van der Waals surface area contributed by atoms with Crippen LogP contribution < -0.4 is 5.73 Å². The predicted octanol–water partition coefficient (Wildman–Crippen LogP) is -0.575. The molecule has 1 fully saturated rings. The molecular weight excluding hydrogens is 232 g/mol. The van der Waals surface area contributed by atoms with E-state index in [1.54, 1.807) is 5.38 Å². The lowest BCUT2D eigenvalue weighted by atomic mass is 10.1. The summed E-state index contributed by atoms with van der Waals surface area (Å²) in [5.41, 5.74) is 5.28. The van der Waals surface area contributed by atoms with Crippen molar-refractivity contribution in [1.29, 1.82) is 0 Å². The van der Waals surface area contributed by atoms with Gasteiger partial charge >= 0.3 is 0 Å². The van der Waals surface area contributed by atoms with Gasteiger partial charge in [-0.25, -0.2) is 4.98 Å². The van der Waals surface area contributed by atoms with Crippen molar-refractivity contribution in [3.8, 4) is 0 Å². The third kappa shape index (κ3) is 2.07. The van der Waals surface area contributed by atoms with Crippen LogP contribution in [0.3, 0.4) is 0 Å². The van der Waals surface area contributed by atoms with Crippen LogP contribution in [0.2, 0.25) is 0 Å². The third-order valence-corrected chi connectivity index (χ3v) is 3.39. The fourth-order valence-electron chi connectivity index (χ4n) is 1.60. The van der Waals surface area contributed by atoms with Crippen LogP contribution >= 0.6 is 11.3 Å². The van der Waals surface area contributed by atoms with E-state index < -0.39 is 18.1 Å². The van der Waals surface area contributed by atoms with Gasteiger partial charge in [-0.2, -0.15) is 0 Å². The normalized spacial score (nSPS) is 29.5. The second-order valence-electron chi connectivity index (χ2n) is 3.58. The lowest BCUT2D eigenvalue weighted by Crippen LogP contribution is -2.24. The van der Waals surface area contributed by atoms with Gasteiger partial charge in [-0.3, -0.25) is 4.79 Å². The summed E-state index contributed by atoms with van der Waals surface area (Å²) >= 11 is 1.26. The molecule has 16 heavy (non-hydrogen) atoms. The summed E-state index contributed by atoms with van der Waals surface area (Å²) in [7, 11) is 0. The first-order valence-corrected chi connectivity index (χ1v) is 5.69. The Morgan fingerprint density at radius 3 is 3.00 bits per heavy atom. The zero-order valence-electron chi connectivity index (χ0n) is 8.37. The number of aliphatic hydroxyl groups is 2. The summed E-state index contributed by atoms with van der Waals surface area (Å²) in [6.07, 6.45) is -1.27. The van der Waals surface area contributed by atoms with E-state index in [1.165, 1.54) is 11.3 Å². The molecule has 4 N–H and O–H groups in total. The second-order valence-corrected chi connectivity index (χ2v) is 4.47. The van der Waals surface area contributed by atoms with Crippen molar-refractivity contribution in [1.82, 2.24) is 4.98 Å². The molecular formula is C9H12N2O4S. The van der Waals surface area contributed by atoms with Gasteiger partial charge < -0.3 is 20.7 Å². The molecule has 2 heterocycles. The molecule has 1 saturated heterocycles. The summed E-state index contributed by atoms with van der Waals surface area (Å²) in [4.78, 5) is 14.9. The molecule has 1 aromatic heterocycles. The van der Waals surface area contributed by atoms with Gasteiger partial charge in [0.25, 0.3) is 5.91 Å². The average molecular weight is 244 g/mol. The zero-order chi connectivity index (χ0) is 11.7. The molecule has 1 aromatic rings. The molecule has 0 radical (unpaired) electrons. The first kappa shape index (κ1) is 11.5. The number of thiazole rings is 1. The molecule has 3 atom stereocenters. The molecule has 1 aliphatic rings.